The number of hydrogen-bond donors (Lipinski definition) is 1. The van der Waals surface area contributed by atoms with Gasteiger partial charge in [0.25, 0.3) is 0 Å². The summed E-state index contributed by atoms with van der Waals surface area (Å²) in [6.07, 6.45) is -3.16. The van der Waals surface area contributed by atoms with E-state index in [0.29, 0.717) is 15.7 Å². The number of para-hydroxylation sites is 1. The zero-order valence-corrected chi connectivity index (χ0v) is 12.6. The molecule has 1 atom stereocenters. The first-order valence-electron chi connectivity index (χ1n) is 6.04. The van der Waals surface area contributed by atoms with Crippen LogP contribution in [0.4, 0.5) is 13.2 Å². The molecule has 0 amide bonds. The number of benzene rings is 1. The lowest BCUT2D eigenvalue weighted by Crippen LogP contribution is -2.23. The van der Waals surface area contributed by atoms with Crippen LogP contribution >= 0.6 is 15.9 Å². The third-order valence-electron chi connectivity index (χ3n) is 2.80. The molecule has 0 spiro atoms. The largest absolute Gasteiger partial charge is 0.573 e. The number of rotatable bonds is 4. The van der Waals surface area contributed by atoms with E-state index in [0.717, 1.165) is 0 Å². The van der Waals surface area contributed by atoms with Crippen LogP contribution in [0.15, 0.2) is 47.1 Å². The number of halogens is 4. The second-order valence-electron chi connectivity index (χ2n) is 4.18. The SMILES string of the molecule is CNC(c1ccccc1OC(F)(F)F)c1ncccc1Br. The van der Waals surface area contributed by atoms with Gasteiger partial charge in [0, 0.05) is 16.2 Å². The van der Waals surface area contributed by atoms with Crippen molar-refractivity contribution in [3.63, 3.8) is 0 Å². The van der Waals surface area contributed by atoms with Gasteiger partial charge < -0.3 is 10.1 Å². The average molecular weight is 361 g/mol. The summed E-state index contributed by atoms with van der Waals surface area (Å²) in [4.78, 5) is 4.22. The van der Waals surface area contributed by atoms with Crippen LogP contribution in [-0.2, 0) is 0 Å². The summed E-state index contributed by atoms with van der Waals surface area (Å²) >= 11 is 3.36. The van der Waals surface area contributed by atoms with Crippen LogP contribution in [-0.4, -0.2) is 18.4 Å². The van der Waals surface area contributed by atoms with E-state index in [2.05, 4.69) is 31.0 Å². The Morgan fingerprint density at radius 1 is 1.19 bits per heavy atom. The first kappa shape index (κ1) is 15.8. The van der Waals surface area contributed by atoms with Gasteiger partial charge in [-0.1, -0.05) is 18.2 Å². The van der Waals surface area contributed by atoms with Crippen molar-refractivity contribution in [3.05, 3.63) is 58.3 Å². The normalized spacial score (nSPS) is 13.0. The van der Waals surface area contributed by atoms with Crippen molar-refractivity contribution in [1.82, 2.24) is 10.3 Å². The van der Waals surface area contributed by atoms with Gasteiger partial charge in [0.05, 0.1) is 11.7 Å². The molecule has 1 aromatic carbocycles. The third-order valence-corrected chi connectivity index (χ3v) is 3.48. The molecule has 1 aromatic heterocycles. The van der Waals surface area contributed by atoms with Crippen molar-refractivity contribution in [2.75, 3.05) is 7.05 Å². The standard InChI is InChI=1S/C14H12BrF3N2O/c1-19-12(13-10(15)6-4-8-20-13)9-5-2-3-7-11(9)21-14(16,17)18/h2-8,12,19H,1H3. The van der Waals surface area contributed by atoms with E-state index >= 15 is 0 Å². The van der Waals surface area contributed by atoms with Gasteiger partial charge >= 0.3 is 6.36 Å². The van der Waals surface area contributed by atoms with Crippen LogP contribution < -0.4 is 10.1 Å². The van der Waals surface area contributed by atoms with E-state index in [1.807, 2.05) is 0 Å². The van der Waals surface area contributed by atoms with Crippen LogP contribution in [0, 0.1) is 0 Å². The lowest BCUT2D eigenvalue weighted by molar-refractivity contribution is -0.275. The maximum absolute atomic E-state index is 12.5. The zero-order chi connectivity index (χ0) is 15.5. The van der Waals surface area contributed by atoms with Gasteiger partial charge in [-0.15, -0.1) is 13.2 Å². The summed E-state index contributed by atoms with van der Waals surface area (Å²) in [6.45, 7) is 0. The fraction of sp³-hybridized carbons (Fsp3) is 0.214. The van der Waals surface area contributed by atoms with E-state index in [4.69, 9.17) is 0 Å². The van der Waals surface area contributed by atoms with Crippen LogP contribution in [0.3, 0.4) is 0 Å². The van der Waals surface area contributed by atoms with Gasteiger partial charge in [0.2, 0.25) is 0 Å². The summed E-state index contributed by atoms with van der Waals surface area (Å²) < 4.78 is 42.3. The average Bonchev–Trinajstić information content (AvgIpc) is 2.42. The summed E-state index contributed by atoms with van der Waals surface area (Å²) in [6, 6.07) is 8.98. The molecule has 3 nitrogen and oxygen atoms in total. The fourth-order valence-electron chi connectivity index (χ4n) is 1.99. The minimum atomic E-state index is -4.74. The van der Waals surface area contributed by atoms with E-state index < -0.39 is 12.4 Å². The fourth-order valence-corrected chi connectivity index (χ4v) is 2.47. The van der Waals surface area contributed by atoms with Crippen molar-refractivity contribution >= 4 is 15.9 Å². The summed E-state index contributed by atoms with van der Waals surface area (Å²) in [5.41, 5.74) is 0.940. The second-order valence-corrected chi connectivity index (χ2v) is 5.03. The van der Waals surface area contributed by atoms with E-state index in [-0.39, 0.29) is 5.75 Å². The van der Waals surface area contributed by atoms with Crippen molar-refractivity contribution < 1.29 is 17.9 Å². The maximum atomic E-state index is 12.5. The molecule has 21 heavy (non-hydrogen) atoms. The number of pyridine rings is 1. The van der Waals surface area contributed by atoms with Gasteiger partial charge in [-0.05, 0) is 41.2 Å². The number of ether oxygens (including phenoxy) is 1. The summed E-state index contributed by atoms with van der Waals surface area (Å²) in [5, 5.41) is 2.96. The molecule has 0 aliphatic rings. The van der Waals surface area contributed by atoms with Crippen LogP contribution in [0.5, 0.6) is 5.75 Å². The molecule has 1 heterocycles. The monoisotopic (exact) mass is 360 g/mol. The summed E-state index contributed by atoms with van der Waals surface area (Å²) in [7, 11) is 1.65. The first-order valence-corrected chi connectivity index (χ1v) is 6.84. The summed E-state index contributed by atoms with van der Waals surface area (Å²) in [5.74, 6) is -0.248. The number of hydrogen-bond acceptors (Lipinski definition) is 3. The number of nitrogens with zero attached hydrogens (tertiary/aromatic N) is 1. The predicted molar refractivity (Wildman–Crippen MR) is 76.0 cm³/mol. The van der Waals surface area contributed by atoms with Crippen molar-refractivity contribution in [3.8, 4) is 5.75 Å². The molecule has 0 saturated carbocycles. The van der Waals surface area contributed by atoms with Crippen molar-refractivity contribution in [1.29, 1.82) is 0 Å². The van der Waals surface area contributed by atoms with Gasteiger partial charge in [0.1, 0.15) is 5.75 Å². The van der Waals surface area contributed by atoms with Gasteiger partial charge in [-0.2, -0.15) is 0 Å². The first-order chi connectivity index (χ1) is 9.92. The maximum Gasteiger partial charge on any atom is 0.573 e. The van der Waals surface area contributed by atoms with E-state index in [9.17, 15) is 13.2 Å². The molecular formula is C14H12BrF3N2O. The highest BCUT2D eigenvalue weighted by Crippen LogP contribution is 2.34. The Morgan fingerprint density at radius 2 is 1.90 bits per heavy atom. The molecule has 0 aliphatic heterocycles. The lowest BCUT2D eigenvalue weighted by atomic mass is 10.0. The lowest BCUT2D eigenvalue weighted by Gasteiger charge is -2.21. The van der Waals surface area contributed by atoms with Gasteiger partial charge in [0.15, 0.2) is 0 Å². The van der Waals surface area contributed by atoms with Gasteiger partial charge in [-0.3, -0.25) is 4.98 Å². The van der Waals surface area contributed by atoms with E-state index in [1.54, 1.807) is 37.5 Å². The quantitative estimate of drug-likeness (QED) is 0.892. The molecule has 7 heteroatoms. The Labute approximate surface area is 128 Å². The van der Waals surface area contributed by atoms with Crippen molar-refractivity contribution in [2.45, 2.75) is 12.4 Å². The Bertz CT molecular complexity index is 619. The topological polar surface area (TPSA) is 34.1 Å². The Balaban J connectivity index is 2.46. The molecule has 0 saturated heterocycles. The number of aromatic nitrogens is 1. The van der Waals surface area contributed by atoms with Gasteiger partial charge in [-0.25, -0.2) is 0 Å². The Morgan fingerprint density at radius 3 is 2.52 bits per heavy atom. The van der Waals surface area contributed by atoms with Crippen LogP contribution in [0.25, 0.3) is 0 Å². The third kappa shape index (κ3) is 3.95. The molecular weight excluding hydrogens is 349 g/mol. The molecule has 1 N–H and O–H groups in total. The highest BCUT2D eigenvalue weighted by molar-refractivity contribution is 9.10. The molecule has 0 aliphatic carbocycles. The second kappa shape index (κ2) is 6.44. The van der Waals surface area contributed by atoms with Crippen LogP contribution in [0.1, 0.15) is 17.3 Å². The molecule has 0 radical (unpaired) electrons. The van der Waals surface area contributed by atoms with Crippen LogP contribution in [0.2, 0.25) is 0 Å². The predicted octanol–water partition coefficient (Wildman–Crippen LogP) is 4.05. The number of nitrogens with one attached hydrogen (secondary N) is 1. The van der Waals surface area contributed by atoms with E-state index in [1.165, 1.54) is 12.1 Å². The highest BCUT2D eigenvalue weighted by atomic mass is 79.9. The molecule has 0 fully saturated rings. The minimum absolute atomic E-state index is 0.248. The molecule has 2 aromatic rings. The molecule has 112 valence electrons. The number of alkyl halides is 3. The Kier molecular flexibility index (Phi) is 4.84. The highest BCUT2D eigenvalue weighted by Gasteiger charge is 2.33. The zero-order valence-electron chi connectivity index (χ0n) is 11.0. The minimum Gasteiger partial charge on any atom is -0.405 e. The molecule has 0 bridgehead atoms. The smallest absolute Gasteiger partial charge is 0.405 e. The van der Waals surface area contributed by atoms with Crippen molar-refractivity contribution in [2.24, 2.45) is 0 Å². The Hall–Kier alpha value is -1.60. The molecule has 2 rings (SSSR count). The molecule has 1 unspecified atom stereocenters.